The van der Waals surface area contributed by atoms with E-state index in [9.17, 15) is 0 Å². The summed E-state index contributed by atoms with van der Waals surface area (Å²) >= 11 is 0. The third-order valence-corrected chi connectivity index (χ3v) is 5.96. The molecule has 2 fully saturated rings. The molecule has 144 valence electrons. The molecule has 0 N–H and O–H groups in total. The van der Waals surface area contributed by atoms with Gasteiger partial charge in [0.25, 0.3) is 0 Å². The molecule has 2 heterocycles. The third kappa shape index (κ3) is 3.94. The Morgan fingerprint density at radius 1 is 1.15 bits per heavy atom. The van der Waals surface area contributed by atoms with Crippen LogP contribution in [0, 0.1) is 11.8 Å². The van der Waals surface area contributed by atoms with Gasteiger partial charge in [-0.25, -0.2) is 0 Å². The number of nitrogens with zero attached hydrogens (tertiary/aromatic N) is 2. The minimum absolute atomic E-state index is 0.303. The first-order valence-electron chi connectivity index (χ1n) is 10.1. The number of ether oxygens (including phenoxy) is 3. The SMILES string of the molecule is COc1cc2c(cc1CN1CCCN(CC3CC3)[C@H](C(C)C)C1)OCO2. The highest BCUT2D eigenvalue weighted by Crippen LogP contribution is 2.39. The number of benzene rings is 1. The van der Waals surface area contributed by atoms with E-state index in [-0.39, 0.29) is 0 Å². The van der Waals surface area contributed by atoms with Gasteiger partial charge in [-0.3, -0.25) is 9.80 Å². The summed E-state index contributed by atoms with van der Waals surface area (Å²) in [6.45, 7) is 10.7. The molecule has 3 aliphatic rings. The monoisotopic (exact) mass is 360 g/mol. The molecular weight excluding hydrogens is 328 g/mol. The predicted octanol–water partition coefficient (Wildman–Crippen LogP) is 3.37. The van der Waals surface area contributed by atoms with Gasteiger partial charge >= 0.3 is 0 Å². The summed E-state index contributed by atoms with van der Waals surface area (Å²) in [5.41, 5.74) is 1.19. The van der Waals surface area contributed by atoms with Crippen molar-refractivity contribution in [2.75, 3.05) is 40.1 Å². The second kappa shape index (κ2) is 7.65. The topological polar surface area (TPSA) is 34.2 Å². The number of fused-ring (bicyclic) bond motifs is 1. The lowest BCUT2D eigenvalue weighted by Crippen LogP contribution is -2.45. The average molecular weight is 360 g/mol. The molecule has 1 aromatic carbocycles. The Labute approximate surface area is 157 Å². The molecule has 0 spiro atoms. The van der Waals surface area contributed by atoms with Gasteiger partial charge < -0.3 is 14.2 Å². The highest BCUT2D eigenvalue weighted by molar-refractivity contribution is 5.51. The fraction of sp³-hybridized carbons (Fsp3) is 0.714. The van der Waals surface area contributed by atoms with E-state index in [0.29, 0.717) is 18.8 Å². The van der Waals surface area contributed by atoms with Crippen molar-refractivity contribution >= 4 is 0 Å². The lowest BCUT2D eigenvalue weighted by atomic mass is 10.0. The number of hydrogen-bond acceptors (Lipinski definition) is 5. The molecule has 0 unspecified atom stereocenters. The average Bonchev–Trinajstić information content (AvgIpc) is 3.36. The van der Waals surface area contributed by atoms with Crippen molar-refractivity contribution in [2.24, 2.45) is 11.8 Å². The van der Waals surface area contributed by atoms with E-state index in [4.69, 9.17) is 14.2 Å². The maximum absolute atomic E-state index is 5.63. The van der Waals surface area contributed by atoms with Crippen molar-refractivity contribution in [3.8, 4) is 17.2 Å². The number of rotatable bonds is 6. The third-order valence-electron chi connectivity index (χ3n) is 5.96. The van der Waals surface area contributed by atoms with E-state index < -0.39 is 0 Å². The van der Waals surface area contributed by atoms with Crippen LogP contribution >= 0.6 is 0 Å². The molecule has 1 aliphatic carbocycles. The lowest BCUT2D eigenvalue weighted by Gasteiger charge is -2.34. The Bertz CT molecular complexity index is 630. The van der Waals surface area contributed by atoms with Crippen LogP contribution in [0.3, 0.4) is 0 Å². The zero-order valence-electron chi connectivity index (χ0n) is 16.4. The fourth-order valence-electron chi connectivity index (χ4n) is 4.29. The van der Waals surface area contributed by atoms with Gasteiger partial charge in [-0.05, 0) is 50.3 Å². The molecule has 0 radical (unpaired) electrons. The molecule has 26 heavy (non-hydrogen) atoms. The molecule has 1 aromatic rings. The zero-order valence-corrected chi connectivity index (χ0v) is 16.4. The molecule has 4 rings (SSSR count). The van der Waals surface area contributed by atoms with Crippen LogP contribution in [-0.4, -0.2) is 55.9 Å². The van der Waals surface area contributed by atoms with E-state index in [2.05, 4.69) is 29.7 Å². The van der Waals surface area contributed by atoms with Crippen molar-refractivity contribution in [3.05, 3.63) is 17.7 Å². The van der Waals surface area contributed by atoms with Crippen molar-refractivity contribution in [2.45, 2.75) is 45.7 Å². The van der Waals surface area contributed by atoms with E-state index in [1.54, 1.807) is 7.11 Å². The van der Waals surface area contributed by atoms with Gasteiger partial charge in [0, 0.05) is 37.3 Å². The Morgan fingerprint density at radius 2 is 1.92 bits per heavy atom. The summed E-state index contributed by atoms with van der Waals surface area (Å²) in [6.07, 6.45) is 4.10. The zero-order chi connectivity index (χ0) is 18.1. The van der Waals surface area contributed by atoms with Crippen LogP contribution in [0.1, 0.15) is 38.7 Å². The van der Waals surface area contributed by atoms with Crippen LogP contribution in [0.4, 0.5) is 0 Å². The van der Waals surface area contributed by atoms with Crippen molar-refractivity contribution in [1.29, 1.82) is 0 Å². The Kier molecular flexibility index (Phi) is 5.28. The minimum atomic E-state index is 0.303. The van der Waals surface area contributed by atoms with Crippen LogP contribution < -0.4 is 14.2 Å². The fourth-order valence-corrected chi connectivity index (χ4v) is 4.29. The summed E-state index contributed by atoms with van der Waals surface area (Å²) in [7, 11) is 1.73. The molecule has 5 nitrogen and oxygen atoms in total. The molecule has 1 atom stereocenters. The van der Waals surface area contributed by atoms with Gasteiger partial charge in [0.15, 0.2) is 11.5 Å². The van der Waals surface area contributed by atoms with Crippen LogP contribution in [0.2, 0.25) is 0 Å². The molecule has 2 aliphatic heterocycles. The normalized spacial score (nSPS) is 24.1. The first-order chi connectivity index (χ1) is 12.6. The predicted molar refractivity (Wildman–Crippen MR) is 102 cm³/mol. The molecular formula is C21H32N2O3. The number of hydrogen-bond donors (Lipinski definition) is 0. The largest absolute Gasteiger partial charge is 0.496 e. The summed E-state index contributed by atoms with van der Waals surface area (Å²) in [5, 5.41) is 0. The van der Waals surface area contributed by atoms with Gasteiger partial charge in [-0.1, -0.05) is 13.8 Å². The summed E-state index contributed by atoms with van der Waals surface area (Å²) in [4.78, 5) is 5.36. The van der Waals surface area contributed by atoms with E-state index >= 15 is 0 Å². The Morgan fingerprint density at radius 3 is 2.62 bits per heavy atom. The van der Waals surface area contributed by atoms with Gasteiger partial charge in [0.05, 0.1) is 7.11 Å². The van der Waals surface area contributed by atoms with Crippen LogP contribution in [0.25, 0.3) is 0 Å². The summed E-state index contributed by atoms with van der Waals surface area (Å²) in [6, 6.07) is 4.70. The molecule has 0 bridgehead atoms. The second-order valence-electron chi connectivity index (χ2n) is 8.36. The highest BCUT2D eigenvalue weighted by Gasteiger charge is 2.32. The lowest BCUT2D eigenvalue weighted by molar-refractivity contribution is 0.131. The van der Waals surface area contributed by atoms with Crippen molar-refractivity contribution < 1.29 is 14.2 Å². The first kappa shape index (κ1) is 17.9. The molecule has 5 heteroatoms. The maximum atomic E-state index is 5.63. The van der Waals surface area contributed by atoms with Gasteiger partial charge in [-0.2, -0.15) is 0 Å². The Balaban J connectivity index is 1.49. The molecule has 0 amide bonds. The van der Waals surface area contributed by atoms with Crippen LogP contribution in [-0.2, 0) is 6.54 Å². The number of methoxy groups -OCH3 is 1. The second-order valence-corrected chi connectivity index (χ2v) is 8.36. The van der Waals surface area contributed by atoms with E-state index in [0.717, 1.165) is 42.8 Å². The van der Waals surface area contributed by atoms with Gasteiger partial charge in [-0.15, -0.1) is 0 Å². The summed E-state index contributed by atoms with van der Waals surface area (Å²) < 4.78 is 16.7. The van der Waals surface area contributed by atoms with E-state index in [1.807, 2.05) is 6.07 Å². The quantitative estimate of drug-likeness (QED) is 0.777. The highest BCUT2D eigenvalue weighted by atomic mass is 16.7. The maximum Gasteiger partial charge on any atom is 0.231 e. The van der Waals surface area contributed by atoms with Crippen LogP contribution in [0.15, 0.2) is 12.1 Å². The standard InChI is InChI=1S/C21H32N2O3/c1-15(2)18-13-22(7-4-8-23(18)11-16-5-6-16)12-17-9-20-21(26-14-25-20)10-19(17)24-3/h9-10,15-16,18H,4-8,11-14H2,1-3H3/t18-/m0/s1. The first-order valence-corrected chi connectivity index (χ1v) is 10.1. The minimum Gasteiger partial charge on any atom is -0.496 e. The smallest absolute Gasteiger partial charge is 0.231 e. The van der Waals surface area contributed by atoms with Crippen molar-refractivity contribution in [3.63, 3.8) is 0 Å². The molecule has 1 saturated heterocycles. The van der Waals surface area contributed by atoms with Gasteiger partial charge in [0.1, 0.15) is 5.75 Å². The van der Waals surface area contributed by atoms with Crippen molar-refractivity contribution in [1.82, 2.24) is 9.80 Å². The Hall–Kier alpha value is -1.46. The summed E-state index contributed by atoms with van der Waals surface area (Å²) in [5.74, 6) is 4.16. The van der Waals surface area contributed by atoms with Gasteiger partial charge in [0.2, 0.25) is 6.79 Å². The van der Waals surface area contributed by atoms with E-state index in [1.165, 1.54) is 37.9 Å². The molecule has 1 saturated carbocycles. The molecule has 0 aromatic heterocycles. The van der Waals surface area contributed by atoms with Crippen LogP contribution in [0.5, 0.6) is 17.2 Å².